The molecule has 0 aliphatic heterocycles. The third-order valence-corrected chi connectivity index (χ3v) is 2.27. The normalized spacial score (nSPS) is 16.2. The van der Waals surface area contributed by atoms with E-state index in [9.17, 15) is 9.36 Å². The predicted molar refractivity (Wildman–Crippen MR) is 36.3 cm³/mol. The molecule has 0 bridgehead atoms. The average Bonchev–Trinajstić information content (AvgIpc) is 1.85. The largest absolute Gasteiger partial charge is 0.480 e. The molecule has 0 fully saturated rings. The molecule has 0 radical (unpaired) electrons. The van der Waals surface area contributed by atoms with E-state index in [2.05, 4.69) is 4.31 Å². The van der Waals surface area contributed by atoms with Gasteiger partial charge in [0.2, 0.25) is 0 Å². The predicted octanol–water partition coefficient (Wildman–Crippen LogP) is -0.432. The van der Waals surface area contributed by atoms with Crippen molar-refractivity contribution in [3.63, 3.8) is 0 Å². The molecule has 0 amide bonds. The smallest absolute Gasteiger partial charge is 0.406 e. The lowest BCUT2D eigenvalue weighted by atomic mass is 10.7. The number of carboxylic acid groups (broad SMARTS) is 1. The Morgan fingerprint density at radius 2 is 2.30 bits per heavy atom. The van der Waals surface area contributed by atoms with Gasteiger partial charge in [-0.2, -0.15) is 0 Å². The Bertz CT molecular complexity index is 169. The van der Waals surface area contributed by atoms with Crippen LogP contribution in [0.3, 0.4) is 0 Å². The van der Waals surface area contributed by atoms with Gasteiger partial charge in [0.15, 0.2) is 0 Å². The molecule has 2 unspecified atom stereocenters. The molecule has 10 heavy (non-hydrogen) atoms. The van der Waals surface area contributed by atoms with E-state index in [0.717, 1.165) is 0 Å². The van der Waals surface area contributed by atoms with E-state index in [4.69, 9.17) is 10.00 Å². The van der Waals surface area contributed by atoms with Gasteiger partial charge in [-0.25, -0.2) is 9.65 Å². The fraction of sp³-hybridized carbons (Fsp3) is 0.500. The van der Waals surface area contributed by atoms with Crippen molar-refractivity contribution in [2.45, 2.75) is 0 Å². The maximum Gasteiger partial charge on any atom is 0.406 e. The summed E-state index contributed by atoms with van der Waals surface area (Å²) in [6, 6.07) is 0. The summed E-state index contributed by atoms with van der Waals surface area (Å²) >= 11 is 0. The van der Waals surface area contributed by atoms with Gasteiger partial charge in [-0.1, -0.05) is 0 Å². The topological polar surface area (TPSA) is 95.9 Å². The molecule has 0 aliphatic carbocycles. The Labute approximate surface area is 59.5 Å². The van der Waals surface area contributed by atoms with Gasteiger partial charge in [-0.05, 0) is 0 Å². The average molecular weight is 187 g/mol. The monoisotopic (exact) mass is 187 g/mol. The van der Waals surface area contributed by atoms with Crippen molar-refractivity contribution < 1.29 is 23.7 Å². The van der Waals surface area contributed by atoms with Crippen LogP contribution < -0.4 is 5.09 Å². The maximum atomic E-state index is 10.4. The summed E-state index contributed by atoms with van der Waals surface area (Å²) in [5.74, 6) is -1.23. The Hall–Kier alpha value is 0.01000. The fourth-order valence-corrected chi connectivity index (χ4v) is 0.838. The summed E-state index contributed by atoms with van der Waals surface area (Å²) in [5, 5.41) is 9.79. The van der Waals surface area contributed by atoms with Crippen LogP contribution in [0, 0.1) is 0 Å². The van der Waals surface area contributed by atoms with E-state index >= 15 is 0 Å². The van der Waals surface area contributed by atoms with Crippen molar-refractivity contribution in [1.82, 2.24) is 5.09 Å². The first-order chi connectivity index (χ1) is 4.48. The molecule has 60 valence electrons. The van der Waals surface area contributed by atoms with Crippen molar-refractivity contribution in [2.24, 2.45) is 0 Å². The van der Waals surface area contributed by atoms with Crippen LogP contribution in [0.4, 0.5) is 0 Å². The number of carboxylic acids is 1. The summed E-state index contributed by atoms with van der Waals surface area (Å²) in [4.78, 5) is 18.3. The summed E-state index contributed by atoms with van der Waals surface area (Å²) in [6.45, 7) is -0.609. The first kappa shape index (κ1) is 10.0. The van der Waals surface area contributed by atoms with Gasteiger partial charge in [0.25, 0.3) is 0 Å². The van der Waals surface area contributed by atoms with Crippen molar-refractivity contribution in [3.8, 4) is 0 Å². The summed E-state index contributed by atoms with van der Waals surface area (Å²) < 4.78 is 14.4. The second-order valence-electron chi connectivity index (χ2n) is 1.35. The second-order valence-corrected chi connectivity index (χ2v) is 3.55. The van der Waals surface area contributed by atoms with Crippen LogP contribution in [-0.4, -0.2) is 22.5 Å². The van der Waals surface area contributed by atoms with Crippen LogP contribution in [-0.2, 0) is 13.7 Å². The molecule has 2 atom stereocenters. The fourth-order valence-electron chi connectivity index (χ4n) is 0.205. The summed E-state index contributed by atoms with van der Waals surface area (Å²) in [5.41, 5.74) is 0. The molecular weight excluding hydrogens is 180 g/mol. The number of hydrogen-bond donors (Lipinski definition) is 3. The molecule has 8 heteroatoms. The first-order valence-electron chi connectivity index (χ1n) is 2.16. The van der Waals surface area contributed by atoms with E-state index in [0.29, 0.717) is 0 Å². The van der Waals surface area contributed by atoms with Gasteiger partial charge < -0.3 is 10.00 Å². The van der Waals surface area contributed by atoms with E-state index < -0.39 is 20.3 Å². The van der Waals surface area contributed by atoms with Gasteiger partial charge in [0, 0.05) is 9.47 Å². The third-order valence-electron chi connectivity index (χ3n) is 0.573. The molecule has 0 saturated heterocycles. The van der Waals surface area contributed by atoms with E-state index in [1.165, 1.54) is 0 Å². The molecule has 3 N–H and O–H groups in total. The van der Waals surface area contributed by atoms with Gasteiger partial charge >= 0.3 is 13.7 Å². The Morgan fingerprint density at radius 3 is 2.60 bits per heavy atom. The zero-order valence-electron chi connectivity index (χ0n) is 4.85. The Kier molecular flexibility index (Phi) is 4.01. The van der Waals surface area contributed by atoms with Crippen LogP contribution in [0.15, 0.2) is 0 Å². The minimum atomic E-state index is -3.90. The molecule has 0 spiro atoms. The highest BCUT2D eigenvalue weighted by Crippen LogP contribution is 2.38. The molecule has 0 aromatic carbocycles. The van der Waals surface area contributed by atoms with Gasteiger partial charge in [0.05, 0.1) is 0 Å². The number of aliphatic carboxylic acids is 1. The lowest BCUT2D eigenvalue weighted by Crippen LogP contribution is -2.19. The van der Waals surface area contributed by atoms with Gasteiger partial charge in [-0.15, -0.1) is 0 Å². The first-order valence-corrected chi connectivity index (χ1v) is 4.21. The van der Waals surface area contributed by atoms with Crippen LogP contribution >= 0.6 is 17.2 Å². The molecule has 0 aliphatic rings. The van der Waals surface area contributed by atoms with E-state index in [1.54, 1.807) is 14.6 Å². The molecule has 0 aromatic rings. The molecule has 0 heterocycles. The highest BCUT2D eigenvalue weighted by Gasteiger charge is 2.16. The minimum absolute atomic E-state index is 0.609. The van der Waals surface area contributed by atoms with E-state index in [1.807, 2.05) is 0 Å². The number of rotatable bonds is 4. The molecule has 6 nitrogen and oxygen atoms in total. The molecule has 0 aromatic heterocycles. The van der Waals surface area contributed by atoms with Crippen LogP contribution in [0.25, 0.3) is 0 Å². The van der Waals surface area contributed by atoms with Crippen LogP contribution in [0.5, 0.6) is 0 Å². The third kappa shape index (κ3) is 4.85. The summed E-state index contributed by atoms with van der Waals surface area (Å²) in [6.07, 6.45) is 0. The van der Waals surface area contributed by atoms with Gasteiger partial charge in [-0.3, -0.25) is 9.11 Å². The van der Waals surface area contributed by atoms with Crippen LogP contribution in [0.2, 0.25) is 0 Å². The SMILES string of the molecule is O=C(O)CNP(=O)(O)OP. The maximum absolute atomic E-state index is 10.4. The number of nitrogens with one attached hydrogen (secondary N) is 1. The minimum Gasteiger partial charge on any atom is -0.480 e. The lowest BCUT2D eigenvalue weighted by Gasteiger charge is -2.06. The number of carbonyl (C=O) groups is 1. The van der Waals surface area contributed by atoms with Crippen molar-refractivity contribution >= 4 is 23.2 Å². The van der Waals surface area contributed by atoms with Crippen molar-refractivity contribution in [2.75, 3.05) is 6.54 Å². The molecular formula is C2H7NO5P2. The molecule has 0 rings (SSSR count). The van der Waals surface area contributed by atoms with E-state index in [-0.39, 0.29) is 0 Å². The Balaban J connectivity index is 3.68. The standard InChI is InChI=1S/C2H7NO5P2/c4-2(5)1-3-10(6,7)8-9/h1,9H2,(H,4,5)(H2,3,6,7). The quantitative estimate of drug-likeness (QED) is 0.516. The van der Waals surface area contributed by atoms with Crippen molar-refractivity contribution in [3.05, 3.63) is 0 Å². The number of hydrogen-bond acceptors (Lipinski definition) is 3. The highest BCUT2D eigenvalue weighted by atomic mass is 31.2. The van der Waals surface area contributed by atoms with Crippen molar-refractivity contribution in [1.29, 1.82) is 0 Å². The summed E-state index contributed by atoms with van der Waals surface area (Å²) in [7, 11) is -2.33. The highest BCUT2D eigenvalue weighted by molar-refractivity contribution is 7.54. The molecule has 0 saturated carbocycles. The zero-order chi connectivity index (χ0) is 8.20. The van der Waals surface area contributed by atoms with Crippen LogP contribution in [0.1, 0.15) is 0 Å². The Morgan fingerprint density at radius 1 is 1.80 bits per heavy atom. The lowest BCUT2D eigenvalue weighted by molar-refractivity contribution is -0.135. The second kappa shape index (κ2) is 4.01. The van der Waals surface area contributed by atoms with Gasteiger partial charge in [0.1, 0.15) is 6.54 Å². The zero-order valence-corrected chi connectivity index (χ0v) is 6.90.